The zero-order chi connectivity index (χ0) is 21.9. The topological polar surface area (TPSA) is 40.5 Å². The number of hydrogen-bond acceptors (Lipinski definition) is 2. The third-order valence-corrected chi connectivity index (χ3v) is 11.4. The van der Waals surface area contributed by atoms with Gasteiger partial charge in [0.2, 0.25) is 0 Å². The van der Waals surface area contributed by atoms with E-state index in [0.29, 0.717) is 16.7 Å². The number of aliphatic hydroxyl groups is 2. The number of hydrogen-bond donors (Lipinski definition) is 2. The summed E-state index contributed by atoms with van der Waals surface area (Å²) in [7, 11) is 0. The largest absolute Gasteiger partial charge is 0.393 e. The molecule has 0 saturated heterocycles. The molecule has 0 aromatic carbocycles. The molecule has 0 spiro atoms. The van der Waals surface area contributed by atoms with Crippen LogP contribution in [0.4, 0.5) is 0 Å². The summed E-state index contributed by atoms with van der Waals surface area (Å²) in [6, 6.07) is 0. The van der Waals surface area contributed by atoms with Crippen LogP contribution in [0.25, 0.3) is 0 Å². The van der Waals surface area contributed by atoms with Crippen molar-refractivity contribution >= 4 is 0 Å². The molecule has 0 aromatic heterocycles. The Morgan fingerprint density at radius 1 is 0.800 bits per heavy atom. The second kappa shape index (κ2) is 8.05. The lowest BCUT2D eigenvalue weighted by atomic mass is 9.43. The Morgan fingerprint density at radius 2 is 1.50 bits per heavy atom. The van der Waals surface area contributed by atoms with Crippen LogP contribution in [0.2, 0.25) is 0 Å². The quantitative estimate of drug-likeness (QED) is 0.513. The second-order valence-electron chi connectivity index (χ2n) is 13.5. The van der Waals surface area contributed by atoms with Crippen molar-refractivity contribution in [2.24, 2.45) is 52.3 Å². The van der Waals surface area contributed by atoms with Crippen LogP contribution in [-0.4, -0.2) is 21.9 Å². The molecule has 30 heavy (non-hydrogen) atoms. The first-order chi connectivity index (χ1) is 14.0. The summed E-state index contributed by atoms with van der Waals surface area (Å²) in [5.41, 5.74) is 0.568. The molecular weight excluding hydrogens is 368 g/mol. The molecule has 2 N–H and O–H groups in total. The summed E-state index contributed by atoms with van der Waals surface area (Å²) in [6.07, 6.45) is 13.8. The van der Waals surface area contributed by atoms with Crippen LogP contribution in [0, 0.1) is 52.3 Å². The Labute approximate surface area is 186 Å². The molecule has 4 aliphatic rings. The maximum Gasteiger partial charge on any atom is 0.0622 e. The minimum absolute atomic E-state index is 0.132. The summed E-state index contributed by atoms with van der Waals surface area (Å²) >= 11 is 0. The molecule has 4 saturated carbocycles. The van der Waals surface area contributed by atoms with Crippen LogP contribution < -0.4 is 0 Å². The van der Waals surface area contributed by atoms with Gasteiger partial charge in [-0.1, -0.05) is 34.6 Å². The molecule has 0 amide bonds. The Balaban J connectivity index is 1.46. The van der Waals surface area contributed by atoms with Crippen molar-refractivity contribution in [1.82, 2.24) is 0 Å². The van der Waals surface area contributed by atoms with Crippen molar-refractivity contribution in [1.29, 1.82) is 0 Å². The molecule has 4 rings (SSSR count). The molecule has 0 aromatic rings. The highest BCUT2D eigenvalue weighted by molar-refractivity contribution is 5.10. The zero-order valence-corrected chi connectivity index (χ0v) is 20.8. The van der Waals surface area contributed by atoms with Crippen molar-refractivity contribution in [3.63, 3.8) is 0 Å². The summed E-state index contributed by atoms with van der Waals surface area (Å²) < 4.78 is 0. The molecule has 1 unspecified atom stereocenters. The van der Waals surface area contributed by atoms with Gasteiger partial charge in [-0.3, -0.25) is 0 Å². The summed E-state index contributed by atoms with van der Waals surface area (Å²) in [4.78, 5) is 0. The van der Waals surface area contributed by atoms with E-state index in [1.807, 2.05) is 0 Å². The van der Waals surface area contributed by atoms with E-state index in [1.165, 1.54) is 51.4 Å². The van der Waals surface area contributed by atoms with E-state index in [2.05, 4.69) is 41.5 Å². The van der Waals surface area contributed by atoms with Crippen molar-refractivity contribution in [3.05, 3.63) is 0 Å². The smallest absolute Gasteiger partial charge is 0.0622 e. The zero-order valence-electron chi connectivity index (χ0n) is 20.8. The molecule has 0 aliphatic heterocycles. The van der Waals surface area contributed by atoms with Crippen LogP contribution in [0.5, 0.6) is 0 Å². The Kier molecular flexibility index (Phi) is 6.20. The summed E-state index contributed by atoms with van der Waals surface area (Å²) in [5, 5.41) is 21.0. The van der Waals surface area contributed by atoms with E-state index < -0.39 is 5.60 Å². The fraction of sp³-hybridized carbons (Fsp3) is 1.00. The normalized spacial score (nSPS) is 50.5. The fourth-order valence-electron chi connectivity index (χ4n) is 9.37. The molecule has 10 atom stereocenters. The van der Waals surface area contributed by atoms with Gasteiger partial charge in [0.25, 0.3) is 0 Å². The van der Waals surface area contributed by atoms with Crippen molar-refractivity contribution in [2.75, 3.05) is 0 Å². The molecule has 0 bridgehead atoms. The molecule has 4 aliphatic carbocycles. The van der Waals surface area contributed by atoms with Crippen LogP contribution in [0.3, 0.4) is 0 Å². The van der Waals surface area contributed by atoms with Gasteiger partial charge < -0.3 is 10.2 Å². The van der Waals surface area contributed by atoms with Crippen LogP contribution in [0.15, 0.2) is 0 Å². The van der Waals surface area contributed by atoms with E-state index in [-0.39, 0.29) is 6.10 Å². The maximum atomic E-state index is 10.7. The molecule has 2 nitrogen and oxygen atoms in total. The van der Waals surface area contributed by atoms with Gasteiger partial charge in [0, 0.05) is 0 Å². The number of fused-ring (bicyclic) bond motifs is 5. The van der Waals surface area contributed by atoms with Crippen LogP contribution in [0.1, 0.15) is 112 Å². The Bertz CT molecular complexity index is 612. The summed E-state index contributed by atoms with van der Waals surface area (Å²) in [5.74, 6) is 5.43. The predicted molar refractivity (Wildman–Crippen MR) is 125 cm³/mol. The molecule has 0 heterocycles. The van der Waals surface area contributed by atoms with Crippen molar-refractivity contribution in [3.8, 4) is 0 Å². The Hall–Kier alpha value is -0.0800. The van der Waals surface area contributed by atoms with E-state index >= 15 is 0 Å². The molecule has 2 heteroatoms. The average molecular weight is 419 g/mol. The third-order valence-electron chi connectivity index (χ3n) is 11.4. The predicted octanol–water partition coefficient (Wildman–Crippen LogP) is 6.83. The highest BCUT2D eigenvalue weighted by Gasteiger charge is 2.61. The standard InChI is InChI=1S/C28H50O2/c1-18(2)25(29)12-7-19(3)22-10-11-23-21-9-8-20-17-26(4,30)15-16-27(20,5)24(21)13-14-28(22,23)6/h18-25,29-30H,7-17H2,1-6H3/t19-,20+,21+,22-,23+,24+,25?,26+,27+,28-/m1/s1. The van der Waals surface area contributed by atoms with Gasteiger partial charge in [-0.2, -0.15) is 0 Å². The highest BCUT2D eigenvalue weighted by atomic mass is 16.3. The third kappa shape index (κ3) is 3.81. The van der Waals surface area contributed by atoms with Gasteiger partial charge in [-0.05, 0) is 130 Å². The molecular formula is C28H50O2. The SMILES string of the molecule is CC(C)C(O)CC[C@@H](C)[C@H]1CC[C@H]2[C@@H]3CC[C@H]4C[C@@](C)(O)CC[C@]4(C)[C@H]3CC[C@]12C. The van der Waals surface area contributed by atoms with Crippen LogP contribution >= 0.6 is 0 Å². The minimum atomic E-state index is -0.422. The first-order valence-electron chi connectivity index (χ1n) is 13.4. The van der Waals surface area contributed by atoms with E-state index in [1.54, 1.807) is 0 Å². The average Bonchev–Trinajstić information content (AvgIpc) is 3.03. The van der Waals surface area contributed by atoms with Gasteiger partial charge in [-0.25, -0.2) is 0 Å². The molecule has 4 fully saturated rings. The number of aliphatic hydroxyl groups excluding tert-OH is 1. The molecule has 0 radical (unpaired) electrons. The first kappa shape index (κ1) is 23.1. The summed E-state index contributed by atoms with van der Waals surface area (Å²) in [6.45, 7) is 14.1. The van der Waals surface area contributed by atoms with Crippen molar-refractivity contribution in [2.45, 2.75) is 124 Å². The van der Waals surface area contributed by atoms with Gasteiger partial charge in [0.15, 0.2) is 0 Å². The van der Waals surface area contributed by atoms with E-state index in [4.69, 9.17) is 0 Å². The van der Waals surface area contributed by atoms with Gasteiger partial charge in [-0.15, -0.1) is 0 Å². The van der Waals surface area contributed by atoms with Gasteiger partial charge >= 0.3 is 0 Å². The van der Waals surface area contributed by atoms with Gasteiger partial charge in [0.1, 0.15) is 0 Å². The lowest BCUT2D eigenvalue weighted by Gasteiger charge is -2.62. The Morgan fingerprint density at radius 3 is 2.20 bits per heavy atom. The minimum Gasteiger partial charge on any atom is -0.393 e. The van der Waals surface area contributed by atoms with E-state index in [0.717, 1.165) is 54.8 Å². The highest BCUT2D eigenvalue weighted by Crippen LogP contribution is 2.68. The van der Waals surface area contributed by atoms with Crippen LogP contribution in [-0.2, 0) is 0 Å². The maximum absolute atomic E-state index is 10.7. The fourth-order valence-corrected chi connectivity index (χ4v) is 9.37. The number of rotatable bonds is 5. The lowest BCUT2D eigenvalue weighted by Crippen LogP contribution is -2.55. The van der Waals surface area contributed by atoms with Gasteiger partial charge in [0.05, 0.1) is 11.7 Å². The first-order valence-corrected chi connectivity index (χ1v) is 13.4. The van der Waals surface area contributed by atoms with Crippen molar-refractivity contribution < 1.29 is 10.2 Å². The molecule has 174 valence electrons. The van der Waals surface area contributed by atoms with E-state index in [9.17, 15) is 10.2 Å². The monoisotopic (exact) mass is 418 g/mol. The lowest BCUT2D eigenvalue weighted by molar-refractivity contribution is -0.148. The second-order valence-corrected chi connectivity index (χ2v) is 13.5.